The highest BCUT2D eigenvalue weighted by Gasteiger charge is 2.38. The second-order valence-electron chi connectivity index (χ2n) is 7.22. The topological polar surface area (TPSA) is 129 Å². The van der Waals surface area contributed by atoms with Gasteiger partial charge in [0.05, 0.1) is 47.5 Å². The summed E-state index contributed by atoms with van der Waals surface area (Å²) in [7, 11) is 1.37. The molecule has 10 nitrogen and oxygen atoms in total. The lowest BCUT2D eigenvalue weighted by atomic mass is 9.92. The summed E-state index contributed by atoms with van der Waals surface area (Å²) >= 11 is 0. The quantitative estimate of drug-likeness (QED) is 0.374. The lowest BCUT2D eigenvalue weighted by molar-refractivity contribution is -0.385. The maximum atomic E-state index is 12.8. The van der Waals surface area contributed by atoms with E-state index in [9.17, 15) is 19.7 Å². The van der Waals surface area contributed by atoms with Crippen molar-refractivity contribution < 1.29 is 28.7 Å². The summed E-state index contributed by atoms with van der Waals surface area (Å²) in [6, 6.07) is 0.969. The average Bonchev–Trinajstić information content (AvgIpc) is 2.65. The van der Waals surface area contributed by atoms with Crippen LogP contribution >= 0.6 is 0 Å². The third-order valence-electron chi connectivity index (χ3n) is 4.25. The summed E-state index contributed by atoms with van der Waals surface area (Å²) in [5.74, 6) is -0.239. The first-order chi connectivity index (χ1) is 14.1. The van der Waals surface area contributed by atoms with Gasteiger partial charge in [-0.3, -0.25) is 10.1 Å². The Kier molecular flexibility index (Phi) is 7.25. The summed E-state index contributed by atoms with van der Waals surface area (Å²) in [5, 5.41) is 17.0. The molecule has 0 spiro atoms. The van der Waals surface area contributed by atoms with Crippen LogP contribution in [0.15, 0.2) is 23.4 Å². The molecule has 1 heterocycles. The molecule has 0 saturated carbocycles. The Hall–Kier alpha value is -3.30. The summed E-state index contributed by atoms with van der Waals surface area (Å²) in [6.07, 6.45) is -0.318. The Balaban J connectivity index is 2.74. The molecule has 0 saturated heterocycles. The molecule has 0 radical (unpaired) electrons. The van der Waals surface area contributed by atoms with Gasteiger partial charge in [-0.25, -0.2) is 9.59 Å². The predicted octanol–water partition coefficient (Wildman–Crippen LogP) is 3.36. The van der Waals surface area contributed by atoms with Crippen molar-refractivity contribution in [1.29, 1.82) is 0 Å². The van der Waals surface area contributed by atoms with Gasteiger partial charge in [0.25, 0.3) is 5.69 Å². The molecule has 30 heavy (non-hydrogen) atoms. The van der Waals surface area contributed by atoms with Gasteiger partial charge in [0.2, 0.25) is 0 Å². The summed E-state index contributed by atoms with van der Waals surface area (Å²) < 4.78 is 16.3. The van der Waals surface area contributed by atoms with Gasteiger partial charge in [-0.05, 0) is 40.2 Å². The number of hydrogen-bond donors (Lipinski definition) is 2. The first kappa shape index (κ1) is 23.0. The zero-order chi connectivity index (χ0) is 22.6. The van der Waals surface area contributed by atoms with Gasteiger partial charge in [0.15, 0.2) is 11.5 Å². The smallest absolute Gasteiger partial charge is 0.338 e. The van der Waals surface area contributed by atoms with E-state index in [2.05, 4.69) is 10.6 Å². The van der Waals surface area contributed by atoms with Crippen LogP contribution in [0.2, 0.25) is 0 Å². The number of allylic oxidation sites excluding steroid dienone is 1. The Morgan fingerprint density at radius 1 is 1.20 bits per heavy atom. The molecular weight excluding hydrogens is 394 g/mol. The molecule has 1 aliphatic rings. The van der Waals surface area contributed by atoms with E-state index in [1.807, 2.05) is 0 Å². The van der Waals surface area contributed by atoms with Crippen LogP contribution in [0, 0.1) is 10.1 Å². The third kappa shape index (κ3) is 5.00. The fraction of sp³-hybridized carbons (Fsp3) is 0.500. The Labute approximate surface area is 174 Å². The molecule has 0 fully saturated rings. The fourth-order valence-corrected chi connectivity index (χ4v) is 3.11. The van der Waals surface area contributed by atoms with Crippen LogP contribution in [-0.2, 0) is 9.53 Å². The van der Waals surface area contributed by atoms with E-state index in [0.717, 1.165) is 0 Å². The van der Waals surface area contributed by atoms with Crippen molar-refractivity contribution in [1.82, 2.24) is 10.6 Å². The van der Waals surface area contributed by atoms with Crippen molar-refractivity contribution in [2.24, 2.45) is 0 Å². The lowest BCUT2D eigenvalue weighted by Crippen LogP contribution is -2.46. The van der Waals surface area contributed by atoms with Crippen LogP contribution in [0.1, 0.15) is 52.6 Å². The van der Waals surface area contributed by atoms with Crippen molar-refractivity contribution in [2.75, 3.05) is 7.11 Å². The number of carbonyl (C=O) groups excluding carboxylic acids is 2. The first-order valence-electron chi connectivity index (χ1n) is 9.63. The van der Waals surface area contributed by atoms with Crippen LogP contribution < -0.4 is 20.1 Å². The van der Waals surface area contributed by atoms with E-state index in [4.69, 9.17) is 14.2 Å². The fourth-order valence-electron chi connectivity index (χ4n) is 3.11. The van der Waals surface area contributed by atoms with Crippen LogP contribution in [-0.4, -0.2) is 36.2 Å². The first-order valence-corrected chi connectivity index (χ1v) is 9.63. The zero-order valence-corrected chi connectivity index (χ0v) is 17.9. The molecule has 1 atom stereocenters. The van der Waals surface area contributed by atoms with E-state index >= 15 is 0 Å². The molecule has 2 rings (SSSR count). The number of amides is 2. The second-order valence-corrected chi connectivity index (χ2v) is 7.22. The van der Waals surface area contributed by atoms with Gasteiger partial charge in [-0.2, -0.15) is 0 Å². The van der Waals surface area contributed by atoms with Crippen LogP contribution in [0.5, 0.6) is 11.5 Å². The van der Waals surface area contributed by atoms with Crippen LogP contribution in [0.25, 0.3) is 0 Å². The molecule has 1 aliphatic heterocycles. The second kappa shape index (κ2) is 9.47. The minimum absolute atomic E-state index is 0.0907. The number of nitrogens with zero attached hydrogens (tertiary/aromatic N) is 1. The minimum Gasteiger partial charge on any atom is -0.493 e. The van der Waals surface area contributed by atoms with Gasteiger partial charge in [0.1, 0.15) is 0 Å². The van der Waals surface area contributed by atoms with Crippen molar-refractivity contribution in [3.63, 3.8) is 0 Å². The molecule has 164 valence electrons. The highest BCUT2D eigenvalue weighted by molar-refractivity contribution is 5.95. The van der Waals surface area contributed by atoms with Gasteiger partial charge in [-0.1, -0.05) is 6.92 Å². The molecule has 0 aliphatic carbocycles. The highest BCUT2D eigenvalue weighted by atomic mass is 16.6. The van der Waals surface area contributed by atoms with Crippen molar-refractivity contribution >= 4 is 17.7 Å². The third-order valence-corrected chi connectivity index (χ3v) is 4.25. The molecule has 1 unspecified atom stereocenters. The van der Waals surface area contributed by atoms with Crippen LogP contribution in [0.4, 0.5) is 10.5 Å². The number of ether oxygens (including phenoxy) is 3. The summed E-state index contributed by atoms with van der Waals surface area (Å²) in [4.78, 5) is 36.3. The van der Waals surface area contributed by atoms with Gasteiger partial charge in [-0.15, -0.1) is 0 Å². The standard InChI is InChI=1S/C20H27N3O7/c1-7-13-17(19(24)30-11(4)5)18(22-20(25)21-13)12-8-16(29-10(2)3)15(28-6)9-14(12)23(26)27/h8-11,18H,7H2,1-6H3,(H2,21,22,25). The van der Waals surface area contributed by atoms with Crippen molar-refractivity contribution in [3.8, 4) is 11.5 Å². The van der Waals surface area contributed by atoms with E-state index in [1.165, 1.54) is 19.2 Å². The average molecular weight is 421 g/mol. The van der Waals surface area contributed by atoms with Gasteiger partial charge >= 0.3 is 12.0 Å². The number of nitrogens with one attached hydrogen (secondary N) is 2. The number of esters is 1. The molecule has 2 N–H and O–H groups in total. The predicted molar refractivity (Wildman–Crippen MR) is 108 cm³/mol. The maximum absolute atomic E-state index is 12.8. The molecule has 1 aromatic rings. The van der Waals surface area contributed by atoms with Gasteiger partial charge < -0.3 is 24.8 Å². The van der Waals surface area contributed by atoms with E-state index in [-0.39, 0.29) is 34.4 Å². The van der Waals surface area contributed by atoms with E-state index < -0.39 is 29.1 Å². The maximum Gasteiger partial charge on any atom is 0.338 e. The lowest BCUT2D eigenvalue weighted by Gasteiger charge is -2.29. The SMILES string of the molecule is CCC1=C(C(=O)OC(C)C)C(c2cc(OC(C)C)c(OC)cc2[N+](=O)[O-])NC(=O)N1. The molecule has 1 aromatic carbocycles. The zero-order valence-electron chi connectivity index (χ0n) is 17.9. The Morgan fingerprint density at radius 2 is 1.87 bits per heavy atom. The number of benzene rings is 1. The monoisotopic (exact) mass is 421 g/mol. The molecule has 0 aromatic heterocycles. The summed E-state index contributed by atoms with van der Waals surface area (Å²) in [5.41, 5.74) is 0.216. The number of rotatable bonds is 8. The number of carbonyl (C=O) groups is 2. The molecular formula is C20H27N3O7. The number of urea groups is 1. The number of nitro benzene ring substituents is 1. The van der Waals surface area contributed by atoms with Crippen LogP contribution in [0.3, 0.4) is 0 Å². The van der Waals surface area contributed by atoms with E-state index in [1.54, 1.807) is 34.6 Å². The number of nitro groups is 1. The summed E-state index contributed by atoms with van der Waals surface area (Å²) in [6.45, 7) is 8.74. The number of hydrogen-bond acceptors (Lipinski definition) is 7. The Morgan fingerprint density at radius 3 is 2.37 bits per heavy atom. The largest absolute Gasteiger partial charge is 0.493 e. The highest BCUT2D eigenvalue weighted by Crippen LogP contribution is 2.41. The van der Waals surface area contributed by atoms with Crippen molar-refractivity contribution in [2.45, 2.75) is 59.3 Å². The number of methoxy groups -OCH3 is 1. The normalized spacial score (nSPS) is 16.3. The van der Waals surface area contributed by atoms with Crippen molar-refractivity contribution in [3.05, 3.63) is 39.1 Å². The van der Waals surface area contributed by atoms with Gasteiger partial charge in [0, 0.05) is 5.70 Å². The Bertz CT molecular complexity index is 877. The molecule has 2 amide bonds. The molecule has 10 heteroatoms. The van der Waals surface area contributed by atoms with E-state index in [0.29, 0.717) is 12.1 Å². The minimum atomic E-state index is -1.10. The molecule has 0 bridgehead atoms.